The minimum absolute atomic E-state index is 0.122. The summed E-state index contributed by atoms with van der Waals surface area (Å²) in [6.07, 6.45) is 4.13. The molecule has 122 valence electrons. The molecule has 1 aromatic carbocycles. The van der Waals surface area contributed by atoms with Crippen LogP contribution in [0, 0.1) is 0 Å². The van der Waals surface area contributed by atoms with E-state index in [0.717, 1.165) is 35.7 Å². The molecule has 2 amide bonds. The van der Waals surface area contributed by atoms with Crippen LogP contribution in [0.5, 0.6) is 0 Å². The second kappa shape index (κ2) is 6.75. The maximum Gasteiger partial charge on any atom is 0.346 e. The third-order valence-electron chi connectivity index (χ3n) is 4.04. The number of urea groups is 1. The predicted molar refractivity (Wildman–Crippen MR) is 98.7 cm³/mol. The van der Waals surface area contributed by atoms with Gasteiger partial charge in [-0.1, -0.05) is 30.3 Å². The first-order valence-corrected chi connectivity index (χ1v) is 9.66. The van der Waals surface area contributed by atoms with E-state index in [1.807, 2.05) is 39.2 Å². The molecular formula is C18H17N3OS2. The molecule has 0 saturated carbocycles. The molecular weight excluding hydrogens is 338 g/mol. The SMILES string of the molecule is O=C(N=c1sccn1-c1ccc(-c2ccccc2)s1)N1CCCC1. The van der Waals surface area contributed by atoms with Crippen molar-refractivity contribution in [2.45, 2.75) is 12.8 Å². The molecule has 2 aromatic heterocycles. The zero-order valence-corrected chi connectivity index (χ0v) is 14.7. The molecule has 0 unspecified atom stereocenters. The average molecular weight is 355 g/mol. The molecule has 1 fully saturated rings. The lowest BCUT2D eigenvalue weighted by Crippen LogP contribution is -2.27. The van der Waals surface area contributed by atoms with E-state index in [1.54, 1.807) is 11.3 Å². The van der Waals surface area contributed by atoms with Gasteiger partial charge in [0.1, 0.15) is 5.00 Å². The summed E-state index contributed by atoms with van der Waals surface area (Å²) in [5.74, 6) is 0. The van der Waals surface area contributed by atoms with Crippen molar-refractivity contribution in [1.29, 1.82) is 0 Å². The van der Waals surface area contributed by atoms with E-state index in [4.69, 9.17) is 0 Å². The fourth-order valence-corrected chi connectivity index (χ4v) is 4.56. The topological polar surface area (TPSA) is 37.6 Å². The Labute approximate surface area is 148 Å². The summed E-state index contributed by atoms with van der Waals surface area (Å²) in [7, 11) is 0. The fraction of sp³-hybridized carbons (Fsp3) is 0.222. The van der Waals surface area contributed by atoms with Gasteiger partial charge in [0.05, 0.1) is 0 Å². The Morgan fingerprint density at radius 2 is 1.83 bits per heavy atom. The lowest BCUT2D eigenvalue weighted by molar-refractivity contribution is 0.218. The Bertz CT molecular complexity index is 902. The van der Waals surface area contributed by atoms with Crippen LogP contribution >= 0.6 is 22.7 Å². The normalized spacial score (nSPS) is 15.2. The van der Waals surface area contributed by atoms with Gasteiger partial charge in [-0.25, -0.2) is 4.79 Å². The third kappa shape index (κ3) is 3.07. The Balaban J connectivity index is 1.65. The van der Waals surface area contributed by atoms with Crippen LogP contribution in [0.2, 0.25) is 0 Å². The molecule has 0 atom stereocenters. The molecule has 1 aliphatic rings. The Morgan fingerprint density at radius 1 is 1.04 bits per heavy atom. The minimum atomic E-state index is -0.122. The van der Waals surface area contributed by atoms with Gasteiger partial charge in [-0.2, -0.15) is 4.99 Å². The van der Waals surface area contributed by atoms with Gasteiger partial charge in [-0.3, -0.25) is 4.57 Å². The summed E-state index contributed by atoms with van der Waals surface area (Å²) in [4.78, 5) is 20.4. The number of rotatable bonds is 2. The highest BCUT2D eigenvalue weighted by Crippen LogP contribution is 2.29. The quantitative estimate of drug-likeness (QED) is 0.672. The van der Waals surface area contributed by atoms with Gasteiger partial charge in [0, 0.05) is 29.5 Å². The third-order valence-corrected chi connectivity index (χ3v) is 5.94. The van der Waals surface area contributed by atoms with Crippen LogP contribution in [0.15, 0.2) is 59.0 Å². The van der Waals surface area contributed by atoms with Crippen molar-refractivity contribution in [3.63, 3.8) is 0 Å². The van der Waals surface area contributed by atoms with Crippen LogP contribution < -0.4 is 4.80 Å². The van der Waals surface area contributed by atoms with E-state index in [-0.39, 0.29) is 6.03 Å². The molecule has 24 heavy (non-hydrogen) atoms. The van der Waals surface area contributed by atoms with Crippen molar-refractivity contribution in [3.05, 3.63) is 58.8 Å². The van der Waals surface area contributed by atoms with Crippen LogP contribution in [0.4, 0.5) is 4.79 Å². The standard InChI is InChI=1S/C18H17N3OS2/c22-17(20-10-4-5-11-20)19-18-21(12-13-23-18)16-9-8-15(24-16)14-6-2-1-3-7-14/h1-3,6-9,12-13H,4-5,10-11H2. The Kier molecular flexibility index (Phi) is 4.32. The van der Waals surface area contributed by atoms with Crippen molar-refractivity contribution in [2.75, 3.05) is 13.1 Å². The molecule has 3 heterocycles. The summed E-state index contributed by atoms with van der Waals surface area (Å²) in [5, 5.41) is 3.04. The first kappa shape index (κ1) is 15.4. The van der Waals surface area contributed by atoms with E-state index >= 15 is 0 Å². The molecule has 0 radical (unpaired) electrons. The monoisotopic (exact) mass is 355 g/mol. The van der Waals surface area contributed by atoms with E-state index < -0.39 is 0 Å². The molecule has 1 aliphatic heterocycles. The van der Waals surface area contributed by atoms with Crippen LogP contribution in [-0.4, -0.2) is 28.6 Å². The number of benzene rings is 1. The molecule has 0 spiro atoms. The molecule has 1 saturated heterocycles. The second-order valence-electron chi connectivity index (χ2n) is 5.65. The van der Waals surface area contributed by atoms with E-state index in [2.05, 4.69) is 29.3 Å². The molecule has 4 nitrogen and oxygen atoms in total. The van der Waals surface area contributed by atoms with Crippen LogP contribution in [0.1, 0.15) is 12.8 Å². The number of carbonyl (C=O) groups is 1. The first-order valence-electron chi connectivity index (χ1n) is 7.97. The lowest BCUT2D eigenvalue weighted by atomic mass is 10.2. The molecule has 0 N–H and O–H groups in total. The van der Waals surface area contributed by atoms with Crippen molar-refractivity contribution in [3.8, 4) is 15.4 Å². The number of hydrogen-bond donors (Lipinski definition) is 0. The number of thiazole rings is 1. The van der Waals surface area contributed by atoms with Gasteiger partial charge in [0.2, 0.25) is 0 Å². The Morgan fingerprint density at radius 3 is 2.62 bits per heavy atom. The molecule has 0 aliphatic carbocycles. The van der Waals surface area contributed by atoms with Crippen LogP contribution in [0.3, 0.4) is 0 Å². The van der Waals surface area contributed by atoms with Crippen molar-refractivity contribution in [1.82, 2.24) is 9.47 Å². The summed E-state index contributed by atoms with van der Waals surface area (Å²) in [5.41, 5.74) is 1.20. The second-order valence-corrected chi connectivity index (χ2v) is 7.58. The Hall–Kier alpha value is -2.18. The molecule has 0 bridgehead atoms. The average Bonchev–Trinajstić information content (AvgIpc) is 3.36. The first-order chi connectivity index (χ1) is 11.8. The molecule has 6 heteroatoms. The van der Waals surface area contributed by atoms with Crippen molar-refractivity contribution < 1.29 is 4.79 Å². The summed E-state index contributed by atoms with van der Waals surface area (Å²) >= 11 is 3.19. The highest BCUT2D eigenvalue weighted by atomic mass is 32.1. The number of carbonyl (C=O) groups excluding carboxylic acids is 1. The van der Waals surface area contributed by atoms with E-state index in [0.29, 0.717) is 0 Å². The van der Waals surface area contributed by atoms with Crippen LogP contribution in [0.25, 0.3) is 15.4 Å². The van der Waals surface area contributed by atoms with E-state index in [9.17, 15) is 4.79 Å². The maximum atomic E-state index is 12.3. The number of likely N-dealkylation sites (tertiary alicyclic amines) is 1. The summed E-state index contributed by atoms with van der Waals surface area (Å²) < 4.78 is 2.00. The fourth-order valence-electron chi connectivity index (χ4n) is 2.80. The number of amides is 2. The van der Waals surface area contributed by atoms with Gasteiger partial charge in [-0.15, -0.1) is 22.7 Å². The smallest absolute Gasteiger partial charge is 0.323 e. The molecule has 4 rings (SSSR count). The highest BCUT2D eigenvalue weighted by molar-refractivity contribution is 7.18. The number of hydrogen-bond acceptors (Lipinski definition) is 3. The van der Waals surface area contributed by atoms with Gasteiger partial charge in [0.25, 0.3) is 0 Å². The maximum absolute atomic E-state index is 12.3. The zero-order chi connectivity index (χ0) is 16.4. The van der Waals surface area contributed by atoms with Crippen molar-refractivity contribution >= 4 is 28.7 Å². The molecule has 3 aromatic rings. The predicted octanol–water partition coefficient (Wildman–Crippen LogP) is 4.38. The van der Waals surface area contributed by atoms with Gasteiger partial charge < -0.3 is 4.90 Å². The summed E-state index contributed by atoms with van der Waals surface area (Å²) in [6.45, 7) is 1.65. The van der Waals surface area contributed by atoms with Gasteiger partial charge in [-0.05, 0) is 30.5 Å². The van der Waals surface area contributed by atoms with E-state index in [1.165, 1.54) is 21.8 Å². The summed E-state index contributed by atoms with van der Waals surface area (Å²) in [6, 6.07) is 14.4. The number of aromatic nitrogens is 1. The zero-order valence-electron chi connectivity index (χ0n) is 13.1. The number of thiophene rings is 1. The van der Waals surface area contributed by atoms with Crippen LogP contribution in [-0.2, 0) is 0 Å². The highest BCUT2D eigenvalue weighted by Gasteiger charge is 2.17. The van der Waals surface area contributed by atoms with Gasteiger partial charge in [0.15, 0.2) is 4.80 Å². The minimum Gasteiger partial charge on any atom is -0.323 e. The number of nitrogens with zero attached hydrogens (tertiary/aromatic N) is 3. The van der Waals surface area contributed by atoms with Crippen molar-refractivity contribution in [2.24, 2.45) is 4.99 Å². The lowest BCUT2D eigenvalue weighted by Gasteiger charge is -2.10. The van der Waals surface area contributed by atoms with Gasteiger partial charge >= 0.3 is 6.03 Å². The largest absolute Gasteiger partial charge is 0.346 e.